The highest BCUT2D eigenvalue weighted by Crippen LogP contribution is 2.37. The molecule has 2 aliphatic heterocycles. The van der Waals surface area contributed by atoms with Gasteiger partial charge in [-0.15, -0.1) is 0 Å². The van der Waals surface area contributed by atoms with Crippen molar-refractivity contribution in [2.24, 2.45) is 11.8 Å². The van der Waals surface area contributed by atoms with Crippen LogP contribution < -0.4 is 0 Å². The second-order valence-corrected chi connectivity index (χ2v) is 6.95. The SMILES string of the molecule is O=C(c1ccc(Br)o1)N1CC(N2C(=O)[C@H]3CC=CC[C@H]3C2=O)C1. The maximum atomic E-state index is 12.5. The van der Waals surface area contributed by atoms with Gasteiger partial charge >= 0.3 is 0 Å². The van der Waals surface area contributed by atoms with Crippen LogP contribution in [0.5, 0.6) is 0 Å². The highest BCUT2D eigenvalue weighted by Gasteiger charge is 2.52. The number of amides is 3. The van der Waals surface area contributed by atoms with Gasteiger partial charge in [0.2, 0.25) is 11.8 Å². The predicted octanol–water partition coefficient (Wildman–Crippen LogP) is 1.82. The molecule has 1 aromatic heterocycles. The van der Waals surface area contributed by atoms with Crippen LogP contribution in [0.1, 0.15) is 23.4 Å². The lowest BCUT2D eigenvalue weighted by molar-refractivity contribution is -0.145. The quantitative estimate of drug-likeness (QED) is 0.581. The van der Waals surface area contributed by atoms with Crippen molar-refractivity contribution in [1.29, 1.82) is 0 Å². The van der Waals surface area contributed by atoms with E-state index in [-0.39, 0.29) is 41.4 Å². The van der Waals surface area contributed by atoms with Crippen LogP contribution in [0.3, 0.4) is 0 Å². The maximum Gasteiger partial charge on any atom is 0.289 e. The van der Waals surface area contributed by atoms with Gasteiger partial charge in [-0.2, -0.15) is 0 Å². The van der Waals surface area contributed by atoms with Gasteiger partial charge in [0.25, 0.3) is 5.91 Å². The Morgan fingerprint density at radius 1 is 1.09 bits per heavy atom. The van der Waals surface area contributed by atoms with Gasteiger partial charge in [0, 0.05) is 13.1 Å². The Bertz CT molecular complexity index is 693. The fraction of sp³-hybridized carbons (Fsp3) is 0.438. The Kier molecular flexibility index (Phi) is 3.41. The molecule has 3 amide bonds. The number of imide groups is 1. The molecular weight excluding hydrogens is 364 g/mol. The lowest BCUT2D eigenvalue weighted by Crippen LogP contribution is -2.62. The standard InChI is InChI=1S/C16H15BrN2O4/c17-13-6-5-12(23-13)16(22)18-7-9(8-18)19-14(20)10-3-1-2-4-11(10)15(19)21/h1-2,5-6,9-11H,3-4,7-8H2/t10-,11+. The smallest absolute Gasteiger partial charge is 0.289 e. The first-order valence-electron chi connectivity index (χ1n) is 7.63. The molecule has 0 saturated carbocycles. The van der Waals surface area contributed by atoms with E-state index in [1.54, 1.807) is 17.0 Å². The summed E-state index contributed by atoms with van der Waals surface area (Å²) in [5.74, 6) is -0.543. The number of hydrogen-bond acceptors (Lipinski definition) is 4. The Morgan fingerprint density at radius 3 is 2.22 bits per heavy atom. The number of likely N-dealkylation sites (tertiary alicyclic amines) is 2. The third-order valence-corrected chi connectivity index (χ3v) is 5.27. The van der Waals surface area contributed by atoms with Crippen molar-refractivity contribution < 1.29 is 18.8 Å². The van der Waals surface area contributed by atoms with Crippen LogP contribution in [0, 0.1) is 11.8 Å². The fourth-order valence-corrected chi connectivity index (χ4v) is 3.86. The molecular formula is C16H15BrN2O4. The van der Waals surface area contributed by atoms with Crippen molar-refractivity contribution >= 4 is 33.7 Å². The molecule has 1 aliphatic carbocycles. The average molecular weight is 379 g/mol. The monoisotopic (exact) mass is 378 g/mol. The van der Waals surface area contributed by atoms with Crippen LogP contribution >= 0.6 is 15.9 Å². The molecule has 2 atom stereocenters. The summed E-state index contributed by atoms with van der Waals surface area (Å²) in [6, 6.07) is 3.06. The molecule has 6 nitrogen and oxygen atoms in total. The minimum atomic E-state index is -0.217. The van der Waals surface area contributed by atoms with Crippen LogP contribution in [-0.2, 0) is 9.59 Å². The summed E-state index contributed by atoms with van der Waals surface area (Å²) >= 11 is 3.17. The summed E-state index contributed by atoms with van der Waals surface area (Å²) in [5.41, 5.74) is 0. The van der Waals surface area contributed by atoms with Crippen molar-refractivity contribution in [1.82, 2.24) is 9.80 Å². The molecule has 23 heavy (non-hydrogen) atoms. The largest absolute Gasteiger partial charge is 0.444 e. The molecule has 0 aromatic carbocycles. The van der Waals surface area contributed by atoms with E-state index in [1.807, 2.05) is 12.2 Å². The molecule has 0 bridgehead atoms. The molecule has 2 saturated heterocycles. The molecule has 0 spiro atoms. The lowest BCUT2D eigenvalue weighted by atomic mass is 9.85. The molecule has 3 heterocycles. The van der Waals surface area contributed by atoms with E-state index in [0.29, 0.717) is 30.6 Å². The summed E-state index contributed by atoms with van der Waals surface area (Å²) in [5, 5.41) is 0. The average Bonchev–Trinajstić information content (AvgIpc) is 3.04. The number of allylic oxidation sites excluding steroid dienone is 2. The zero-order valence-corrected chi connectivity index (χ0v) is 13.9. The normalized spacial score (nSPS) is 27.3. The summed E-state index contributed by atoms with van der Waals surface area (Å²) in [7, 11) is 0. The molecule has 0 radical (unpaired) electrons. The number of carbonyl (C=O) groups is 3. The van der Waals surface area contributed by atoms with Crippen LogP contribution in [0.25, 0.3) is 0 Å². The van der Waals surface area contributed by atoms with Crippen LogP contribution in [-0.4, -0.2) is 46.7 Å². The number of nitrogens with zero attached hydrogens (tertiary/aromatic N) is 2. The number of furan rings is 1. The summed E-state index contributed by atoms with van der Waals surface area (Å²) in [6.45, 7) is 0.753. The fourth-order valence-electron chi connectivity index (χ4n) is 3.56. The van der Waals surface area contributed by atoms with E-state index in [1.165, 1.54) is 4.90 Å². The van der Waals surface area contributed by atoms with E-state index in [0.717, 1.165) is 0 Å². The van der Waals surface area contributed by atoms with Crippen molar-refractivity contribution in [2.75, 3.05) is 13.1 Å². The number of rotatable bonds is 2. The summed E-state index contributed by atoms with van der Waals surface area (Å²) in [6.07, 6.45) is 5.23. The zero-order chi connectivity index (χ0) is 16.1. The second-order valence-electron chi connectivity index (χ2n) is 6.17. The number of hydrogen-bond donors (Lipinski definition) is 0. The minimum Gasteiger partial charge on any atom is -0.444 e. The van der Waals surface area contributed by atoms with E-state index < -0.39 is 0 Å². The van der Waals surface area contributed by atoms with E-state index in [4.69, 9.17) is 4.42 Å². The Morgan fingerprint density at radius 2 is 1.70 bits per heavy atom. The first-order chi connectivity index (χ1) is 11.1. The van der Waals surface area contributed by atoms with Crippen molar-refractivity contribution in [3.8, 4) is 0 Å². The zero-order valence-electron chi connectivity index (χ0n) is 12.3. The van der Waals surface area contributed by atoms with Crippen molar-refractivity contribution in [2.45, 2.75) is 18.9 Å². The number of carbonyl (C=O) groups excluding carboxylic acids is 3. The third kappa shape index (κ3) is 2.25. The van der Waals surface area contributed by atoms with Gasteiger partial charge in [-0.1, -0.05) is 12.2 Å². The molecule has 3 aliphatic rings. The van der Waals surface area contributed by atoms with Crippen LogP contribution in [0.15, 0.2) is 33.4 Å². The van der Waals surface area contributed by atoms with E-state index in [9.17, 15) is 14.4 Å². The predicted molar refractivity (Wildman–Crippen MR) is 83.3 cm³/mol. The van der Waals surface area contributed by atoms with Crippen molar-refractivity contribution in [3.63, 3.8) is 0 Å². The minimum absolute atomic E-state index is 0.0813. The molecule has 1 aromatic rings. The first kappa shape index (κ1) is 14.7. The lowest BCUT2D eigenvalue weighted by Gasteiger charge is -2.42. The highest BCUT2D eigenvalue weighted by atomic mass is 79.9. The Labute approximate surface area is 141 Å². The summed E-state index contributed by atoms with van der Waals surface area (Å²) < 4.78 is 5.75. The second kappa shape index (κ2) is 5.33. The van der Waals surface area contributed by atoms with E-state index >= 15 is 0 Å². The number of halogens is 1. The summed E-state index contributed by atoms with van der Waals surface area (Å²) in [4.78, 5) is 40.2. The van der Waals surface area contributed by atoms with Crippen LogP contribution in [0.4, 0.5) is 0 Å². The molecule has 120 valence electrons. The van der Waals surface area contributed by atoms with Gasteiger partial charge in [0.1, 0.15) is 0 Å². The van der Waals surface area contributed by atoms with Gasteiger partial charge in [-0.05, 0) is 40.9 Å². The highest BCUT2D eigenvalue weighted by molar-refractivity contribution is 9.10. The van der Waals surface area contributed by atoms with Gasteiger partial charge in [-0.3, -0.25) is 19.3 Å². The first-order valence-corrected chi connectivity index (χ1v) is 8.42. The van der Waals surface area contributed by atoms with E-state index in [2.05, 4.69) is 15.9 Å². The molecule has 0 N–H and O–H groups in total. The topological polar surface area (TPSA) is 70.8 Å². The van der Waals surface area contributed by atoms with Crippen molar-refractivity contribution in [3.05, 3.63) is 34.7 Å². The Hall–Kier alpha value is -1.89. The molecule has 2 fully saturated rings. The van der Waals surface area contributed by atoms with Gasteiger partial charge in [-0.25, -0.2) is 0 Å². The number of fused-ring (bicyclic) bond motifs is 1. The van der Waals surface area contributed by atoms with Gasteiger partial charge in [0.15, 0.2) is 10.4 Å². The third-order valence-electron chi connectivity index (χ3n) is 4.84. The van der Waals surface area contributed by atoms with Crippen LogP contribution in [0.2, 0.25) is 0 Å². The van der Waals surface area contributed by atoms with Gasteiger partial charge < -0.3 is 9.32 Å². The maximum absolute atomic E-state index is 12.5. The van der Waals surface area contributed by atoms with Gasteiger partial charge in [0.05, 0.1) is 17.9 Å². The molecule has 0 unspecified atom stereocenters. The Balaban J connectivity index is 1.43. The molecule has 4 rings (SSSR count). The molecule has 7 heteroatoms.